The van der Waals surface area contributed by atoms with E-state index in [9.17, 15) is 0 Å². The summed E-state index contributed by atoms with van der Waals surface area (Å²) >= 11 is 3.41. The Hall–Kier alpha value is -1.09. The van der Waals surface area contributed by atoms with Crippen molar-refractivity contribution in [3.63, 3.8) is 0 Å². The van der Waals surface area contributed by atoms with Crippen LogP contribution in [0.2, 0.25) is 0 Å². The molecule has 0 N–H and O–H groups in total. The van der Waals surface area contributed by atoms with Gasteiger partial charge in [0.1, 0.15) is 0 Å². The second-order valence-corrected chi connectivity index (χ2v) is 3.60. The topological polar surface area (TPSA) is 22.1 Å². The van der Waals surface area contributed by atoms with E-state index in [1.54, 1.807) is 13.3 Å². The van der Waals surface area contributed by atoms with Gasteiger partial charge in [0.15, 0.2) is 0 Å². The number of ether oxygens (including phenoxy) is 1. The van der Waals surface area contributed by atoms with E-state index in [4.69, 9.17) is 4.74 Å². The largest absolute Gasteiger partial charge is 0.481 e. The molecule has 0 spiro atoms. The molecule has 13 heavy (non-hydrogen) atoms. The van der Waals surface area contributed by atoms with Crippen LogP contribution in [0, 0.1) is 0 Å². The minimum atomic E-state index is 0.666. The van der Waals surface area contributed by atoms with Crippen molar-refractivity contribution in [2.45, 2.75) is 0 Å². The van der Waals surface area contributed by atoms with E-state index in [2.05, 4.69) is 20.9 Å². The molecular formula is C10H8BrNO. The number of methoxy groups -OCH3 is 1. The molecule has 0 atom stereocenters. The molecule has 2 nitrogen and oxygen atoms in total. The van der Waals surface area contributed by atoms with Crippen LogP contribution in [0.25, 0.3) is 10.8 Å². The zero-order valence-electron chi connectivity index (χ0n) is 7.12. The smallest absolute Gasteiger partial charge is 0.221 e. The number of pyridine rings is 1. The fourth-order valence-electron chi connectivity index (χ4n) is 1.28. The average molecular weight is 238 g/mol. The maximum Gasteiger partial charge on any atom is 0.221 e. The number of nitrogens with zero attached hydrogens (tertiary/aromatic N) is 1. The van der Waals surface area contributed by atoms with Crippen molar-refractivity contribution in [2.24, 2.45) is 0 Å². The Morgan fingerprint density at radius 2 is 2.15 bits per heavy atom. The number of hydrogen-bond donors (Lipinski definition) is 0. The Bertz CT molecular complexity index is 442. The van der Waals surface area contributed by atoms with Crippen LogP contribution in [0.5, 0.6) is 5.88 Å². The third-order valence-electron chi connectivity index (χ3n) is 1.88. The molecule has 0 saturated carbocycles. The number of halogens is 1. The summed E-state index contributed by atoms with van der Waals surface area (Å²) in [6.45, 7) is 0. The first-order valence-corrected chi connectivity index (χ1v) is 4.69. The summed E-state index contributed by atoms with van der Waals surface area (Å²) in [7, 11) is 1.63. The normalized spacial score (nSPS) is 10.3. The number of fused-ring (bicyclic) bond motifs is 1. The summed E-state index contributed by atoms with van der Waals surface area (Å²) in [5.41, 5.74) is 0. The summed E-state index contributed by atoms with van der Waals surface area (Å²) < 4.78 is 6.18. The molecule has 2 aromatic rings. The molecule has 1 aromatic heterocycles. The zero-order chi connectivity index (χ0) is 9.26. The third-order valence-corrected chi connectivity index (χ3v) is 2.38. The Morgan fingerprint density at radius 1 is 1.31 bits per heavy atom. The highest BCUT2D eigenvalue weighted by molar-refractivity contribution is 9.10. The van der Waals surface area contributed by atoms with Gasteiger partial charge < -0.3 is 4.74 Å². The molecule has 0 unspecified atom stereocenters. The van der Waals surface area contributed by atoms with Crippen molar-refractivity contribution in [1.82, 2.24) is 4.98 Å². The van der Waals surface area contributed by atoms with E-state index in [0.717, 1.165) is 15.2 Å². The van der Waals surface area contributed by atoms with Gasteiger partial charge in [-0.1, -0.05) is 22.0 Å². The summed E-state index contributed by atoms with van der Waals surface area (Å²) in [4.78, 5) is 4.12. The molecule has 0 aliphatic carbocycles. The molecule has 1 aromatic carbocycles. The molecule has 3 heteroatoms. The number of benzene rings is 1. The number of aromatic nitrogens is 1. The predicted octanol–water partition coefficient (Wildman–Crippen LogP) is 3.01. The molecule has 66 valence electrons. The van der Waals surface area contributed by atoms with Gasteiger partial charge in [0.25, 0.3) is 0 Å². The van der Waals surface area contributed by atoms with Gasteiger partial charge in [0.05, 0.1) is 7.11 Å². The predicted molar refractivity (Wildman–Crippen MR) is 56.0 cm³/mol. The molecule has 2 rings (SSSR count). The van der Waals surface area contributed by atoms with Crippen LogP contribution < -0.4 is 4.74 Å². The van der Waals surface area contributed by atoms with E-state index in [1.807, 2.05) is 24.3 Å². The molecule has 0 radical (unpaired) electrons. The fraction of sp³-hybridized carbons (Fsp3) is 0.100. The first-order chi connectivity index (χ1) is 6.31. The van der Waals surface area contributed by atoms with Gasteiger partial charge in [0, 0.05) is 16.1 Å². The molecular weight excluding hydrogens is 230 g/mol. The Labute approximate surface area is 84.7 Å². The standard InChI is InChI=1S/C10H8BrNO/c1-13-10-9-6-8(11)3-2-7(9)4-5-12-10/h2-6H,1H3. The van der Waals surface area contributed by atoms with Crippen LogP contribution in [-0.4, -0.2) is 12.1 Å². The zero-order valence-corrected chi connectivity index (χ0v) is 8.71. The monoisotopic (exact) mass is 237 g/mol. The van der Waals surface area contributed by atoms with E-state index in [0.29, 0.717) is 5.88 Å². The first kappa shape index (κ1) is 8.51. The molecule has 0 amide bonds. The van der Waals surface area contributed by atoms with Crippen LogP contribution in [0.3, 0.4) is 0 Å². The van der Waals surface area contributed by atoms with E-state index in [1.165, 1.54) is 0 Å². The van der Waals surface area contributed by atoms with Gasteiger partial charge in [-0.3, -0.25) is 0 Å². The quantitative estimate of drug-likeness (QED) is 0.761. The molecule has 0 fully saturated rings. The van der Waals surface area contributed by atoms with E-state index in [-0.39, 0.29) is 0 Å². The lowest BCUT2D eigenvalue weighted by Crippen LogP contribution is -1.87. The fourth-order valence-corrected chi connectivity index (χ4v) is 1.64. The Morgan fingerprint density at radius 3 is 2.92 bits per heavy atom. The van der Waals surface area contributed by atoms with E-state index >= 15 is 0 Å². The second kappa shape index (κ2) is 3.34. The lowest BCUT2D eigenvalue weighted by atomic mass is 10.2. The maximum absolute atomic E-state index is 5.15. The Kier molecular flexibility index (Phi) is 2.19. The first-order valence-electron chi connectivity index (χ1n) is 3.89. The number of hydrogen-bond acceptors (Lipinski definition) is 2. The van der Waals surface area contributed by atoms with Gasteiger partial charge in [-0.25, -0.2) is 4.98 Å². The van der Waals surface area contributed by atoms with Crippen molar-refractivity contribution >= 4 is 26.7 Å². The van der Waals surface area contributed by atoms with Crippen LogP contribution in [0.4, 0.5) is 0 Å². The van der Waals surface area contributed by atoms with Crippen LogP contribution >= 0.6 is 15.9 Å². The highest BCUT2D eigenvalue weighted by atomic mass is 79.9. The summed E-state index contributed by atoms with van der Waals surface area (Å²) in [5, 5.41) is 2.16. The lowest BCUT2D eigenvalue weighted by Gasteiger charge is -2.03. The third kappa shape index (κ3) is 1.52. The van der Waals surface area contributed by atoms with Gasteiger partial charge >= 0.3 is 0 Å². The van der Waals surface area contributed by atoms with Gasteiger partial charge in [-0.2, -0.15) is 0 Å². The van der Waals surface area contributed by atoms with Crippen LogP contribution in [0.1, 0.15) is 0 Å². The minimum absolute atomic E-state index is 0.666. The number of rotatable bonds is 1. The van der Waals surface area contributed by atoms with Crippen molar-refractivity contribution in [1.29, 1.82) is 0 Å². The molecule has 1 heterocycles. The van der Waals surface area contributed by atoms with Crippen molar-refractivity contribution in [3.8, 4) is 5.88 Å². The van der Waals surface area contributed by atoms with Crippen LogP contribution in [-0.2, 0) is 0 Å². The average Bonchev–Trinajstić information content (AvgIpc) is 2.17. The summed E-state index contributed by atoms with van der Waals surface area (Å²) in [5.74, 6) is 0.666. The summed E-state index contributed by atoms with van der Waals surface area (Å²) in [6, 6.07) is 8.00. The van der Waals surface area contributed by atoms with Crippen molar-refractivity contribution in [3.05, 3.63) is 34.9 Å². The highest BCUT2D eigenvalue weighted by Crippen LogP contribution is 2.25. The minimum Gasteiger partial charge on any atom is -0.481 e. The van der Waals surface area contributed by atoms with Gasteiger partial charge in [0.2, 0.25) is 5.88 Å². The van der Waals surface area contributed by atoms with Crippen molar-refractivity contribution < 1.29 is 4.74 Å². The molecule has 0 aliphatic rings. The maximum atomic E-state index is 5.15. The second-order valence-electron chi connectivity index (χ2n) is 2.69. The summed E-state index contributed by atoms with van der Waals surface area (Å²) in [6.07, 6.45) is 1.75. The van der Waals surface area contributed by atoms with Gasteiger partial charge in [-0.15, -0.1) is 0 Å². The SMILES string of the molecule is COc1nccc2ccc(Br)cc12. The van der Waals surface area contributed by atoms with E-state index < -0.39 is 0 Å². The lowest BCUT2D eigenvalue weighted by molar-refractivity contribution is 0.403. The Balaban J connectivity index is 2.79. The molecule has 0 aliphatic heterocycles. The highest BCUT2D eigenvalue weighted by Gasteiger charge is 2.01. The van der Waals surface area contributed by atoms with Crippen LogP contribution in [0.15, 0.2) is 34.9 Å². The molecule has 0 bridgehead atoms. The van der Waals surface area contributed by atoms with Crippen molar-refractivity contribution in [2.75, 3.05) is 7.11 Å². The van der Waals surface area contributed by atoms with Gasteiger partial charge in [-0.05, 0) is 23.6 Å². The molecule has 0 saturated heterocycles.